The van der Waals surface area contributed by atoms with Crippen LogP contribution >= 0.6 is 11.3 Å². The van der Waals surface area contributed by atoms with Crippen LogP contribution in [0.15, 0.2) is 60.1 Å². The summed E-state index contributed by atoms with van der Waals surface area (Å²) in [5, 5.41) is 7.97. The molecule has 0 saturated heterocycles. The Balaban J connectivity index is 1.53. The van der Waals surface area contributed by atoms with Gasteiger partial charge in [0.1, 0.15) is 6.54 Å². The fourth-order valence-corrected chi connectivity index (χ4v) is 4.65. The molecular weight excluding hydrogens is 462 g/mol. The van der Waals surface area contributed by atoms with E-state index < -0.39 is 0 Å². The van der Waals surface area contributed by atoms with Crippen molar-refractivity contribution in [3.8, 4) is 0 Å². The molecule has 1 aromatic carbocycles. The molecule has 0 radical (unpaired) electrons. The van der Waals surface area contributed by atoms with E-state index in [1.807, 2.05) is 49.6 Å². The van der Waals surface area contributed by atoms with Gasteiger partial charge in [0.25, 0.3) is 0 Å². The summed E-state index contributed by atoms with van der Waals surface area (Å²) in [5.74, 6) is -0.215. The zero-order valence-corrected chi connectivity index (χ0v) is 20.7. The summed E-state index contributed by atoms with van der Waals surface area (Å²) in [4.78, 5) is 47.1. The van der Waals surface area contributed by atoms with Crippen molar-refractivity contribution in [1.29, 1.82) is 0 Å². The van der Waals surface area contributed by atoms with E-state index in [1.165, 1.54) is 16.2 Å². The van der Waals surface area contributed by atoms with Gasteiger partial charge in [0.2, 0.25) is 17.7 Å². The van der Waals surface area contributed by atoms with Crippen LogP contribution in [0.3, 0.4) is 0 Å². The van der Waals surface area contributed by atoms with Crippen molar-refractivity contribution in [2.75, 3.05) is 34.8 Å². The molecule has 3 aromatic rings. The van der Waals surface area contributed by atoms with Crippen molar-refractivity contribution in [3.63, 3.8) is 0 Å². The zero-order valence-electron chi connectivity index (χ0n) is 19.9. The van der Waals surface area contributed by atoms with E-state index in [4.69, 9.17) is 0 Å². The van der Waals surface area contributed by atoms with Gasteiger partial charge >= 0.3 is 0 Å². The summed E-state index contributed by atoms with van der Waals surface area (Å²) in [6, 6.07) is 14.8. The Morgan fingerprint density at radius 3 is 2.69 bits per heavy atom. The fourth-order valence-electron chi connectivity index (χ4n) is 3.95. The van der Waals surface area contributed by atoms with Crippen molar-refractivity contribution in [1.82, 2.24) is 10.3 Å². The number of carbonyl (C=O) groups excluding carboxylic acids is 3. The van der Waals surface area contributed by atoms with Crippen LogP contribution in [0.2, 0.25) is 0 Å². The number of nitrogens with one attached hydrogen (secondary N) is 2. The van der Waals surface area contributed by atoms with Crippen LogP contribution in [0.4, 0.5) is 17.1 Å². The third-order valence-corrected chi connectivity index (χ3v) is 6.38. The first-order valence-corrected chi connectivity index (χ1v) is 12.5. The number of aromatic nitrogens is 1. The molecule has 8 nitrogen and oxygen atoms in total. The molecule has 4 rings (SSSR count). The second-order valence-electron chi connectivity index (χ2n) is 8.81. The number of rotatable bonds is 9. The average Bonchev–Trinajstić information content (AvgIpc) is 3.34. The Hall–Kier alpha value is -3.56. The Bertz CT molecular complexity index is 1180. The number of benzene rings is 1. The maximum absolute atomic E-state index is 13.2. The van der Waals surface area contributed by atoms with Crippen LogP contribution < -0.4 is 20.4 Å². The summed E-state index contributed by atoms with van der Waals surface area (Å²) < 4.78 is 0. The molecule has 1 aliphatic heterocycles. The summed E-state index contributed by atoms with van der Waals surface area (Å²) in [6.45, 7) is 5.10. The molecule has 2 aromatic heterocycles. The lowest BCUT2D eigenvalue weighted by Gasteiger charge is -2.37. The molecule has 35 heavy (non-hydrogen) atoms. The van der Waals surface area contributed by atoms with Crippen molar-refractivity contribution in [2.45, 2.75) is 26.8 Å². The fraction of sp³-hybridized carbons (Fsp3) is 0.308. The maximum Gasteiger partial charge on any atom is 0.247 e. The molecule has 3 heterocycles. The number of carbonyl (C=O) groups is 3. The predicted molar refractivity (Wildman–Crippen MR) is 139 cm³/mol. The van der Waals surface area contributed by atoms with Gasteiger partial charge in [-0.2, -0.15) is 0 Å². The topological polar surface area (TPSA) is 94.6 Å². The third kappa shape index (κ3) is 6.32. The van der Waals surface area contributed by atoms with Gasteiger partial charge in [-0.3, -0.25) is 24.3 Å². The minimum atomic E-state index is -0.221. The summed E-state index contributed by atoms with van der Waals surface area (Å²) >= 11 is 1.53. The van der Waals surface area contributed by atoms with E-state index in [-0.39, 0.29) is 43.1 Å². The van der Waals surface area contributed by atoms with Gasteiger partial charge in [-0.25, -0.2) is 0 Å². The first-order chi connectivity index (χ1) is 16.9. The van der Waals surface area contributed by atoms with Gasteiger partial charge in [0.05, 0.1) is 30.0 Å². The number of hydrogen-bond donors (Lipinski definition) is 2. The van der Waals surface area contributed by atoms with Gasteiger partial charge in [-0.15, -0.1) is 11.3 Å². The highest BCUT2D eigenvalue weighted by molar-refractivity contribution is 7.10. The van der Waals surface area contributed by atoms with Crippen molar-refractivity contribution in [2.24, 2.45) is 5.92 Å². The number of pyridine rings is 1. The summed E-state index contributed by atoms with van der Waals surface area (Å²) in [7, 11) is 0. The molecule has 0 fully saturated rings. The summed E-state index contributed by atoms with van der Waals surface area (Å²) in [6.07, 6.45) is 1.99. The Kier molecular flexibility index (Phi) is 7.89. The number of anilines is 3. The number of thiophene rings is 1. The molecule has 0 bridgehead atoms. The van der Waals surface area contributed by atoms with E-state index >= 15 is 0 Å². The molecule has 0 spiro atoms. The maximum atomic E-state index is 13.2. The normalized spacial score (nSPS) is 13.2. The lowest BCUT2D eigenvalue weighted by molar-refractivity contribution is -0.122. The van der Waals surface area contributed by atoms with Gasteiger partial charge in [-0.1, -0.05) is 26.0 Å². The van der Waals surface area contributed by atoms with Crippen LogP contribution in [0.1, 0.15) is 24.4 Å². The minimum Gasteiger partial charge on any atom is -0.326 e. The molecule has 0 unspecified atom stereocenters. The lowest BCUT2D eigenvalue weighted by Crippen LogP contribution is -2.51. The van der Waals surface area contributed by atoms with E-state index in [1.54, 1.807) is 29.3 Å². The van der Waals surface area contributed by atoms with Gasteiger partial charge in [-0.05, 0) is 47.7 Å². The molecule has 182 valence electrons. The lowest BCUT2D eigenvalue weighted by atomic mass is 10.1. The Morgan fingerprint density at radius 1 is 1.11 bits per heavy atom. The Morgan fingerprint density at radius 2 is 1.97 bits per heavy atom. The second kappa shape index (κ2) is 11.2. The highest BCUT2D eigenvalue weighted by atomic mass is 32.1. The van der Waals surface area contributed by atoms with Crippen LogP contribution in [-0.4, -0.2) is 42.3 Å². The smallest absolute Gasteiger partial charge is 0.247 e. The van der Waals surface area contributed by atoms with Crippen LogP contribution in [0.5, 0.6) is 0 Å². The standard InChI is InChI=1S/C26H29N5O3S/c1-18(2)16-30-22-9-8-19(29-24(32)13-21-7-5-11-35-21)12-23(22)31(17-26(30)34)25(33)15-27-14-20-6-3-4-10-28-20/h3-12,18,27H,13-17H2,1-2H3,(H,29,32). The largest absolute Gasteiger partial charge is 0.326 e. The molecule has 1 aliphatic rings. The number of nitrogens with zero attached hydrogens (tertiary/aromatic N) is 3. The Labute approximate surface area is 209 Å². The van der Waals surface area contributed by atoms with Gasteiger partial charge in [0, 0.05) is 29.9 Å². The molecule has 3 amide bonds. The predicted octanol–water partition coefficient (Wildman–Crippen LogP) is 3.45. The monoisotopic (exact) mass is 491 g/mol. The van der Waals surface area contributed by atoms with Crippen LogP contribution in [-0.2, 0) is 27.3 Å². The quantitative estimate of drug-likeness (QED) is 0.478. The minimum absolute atomic E-state index is 0.0452. The van der Waals surface area contributed by atoms with Crippen molar-refractivity contribution >= 4 is 46.1 Å². The van der Waals surface area contributed by atoms with Crippen molar-refractivity contribution < 1.29 is 14.4 Å². The van der Waals surface area contributed by atoms with E-state index in [0.29, 0.717) is 30.2 Å². The first kappa shape index (κ1) is 24.6. The highest BCUT2D eigenvalue weighted by Crippen LogP contribution is 2.36. The molecule has 2 N–H and O–H groups in total. The number of hydrogen-bond acceptors (Lipinski definition) is 6. The van der Waals surface area contributed by atoms with Crippen LogP contribution in [0, 0.1) is 5.92 Å². The van der Waals surface area contributed by atoms with Crippen LogP contribution in [0.25, 0.3) is 0 Å². The number of amides is 3. The second-order valence-corrected chi connectivity index (χ2v) is 9.84. The van der Waals surface area contributed by atoms with E-state index in [0.717, 1.165) is 10.6 Å². The zero-order chi connectivity index (χ0) is 24.8. The molecular formula is C26H29N5O3S. The highest BCUT2D eigenvalue weighted by Gasteiger charge is 2.33. The SMILES string of the molecule is CC(C)CN1C(=O)CN(C(=O)CNCc2ccccn2)c2cc(NC(=O)Cc3cccs3)ccc21. The van der Waals surface area contributed by atoms with E-state index in [2.05, 4.69) is 15.6 Å². The first-order valence-electron chi connectivity index (χ1n) is 11.6. The average molecular weight is 492 g/mol. The van der Waals surface area contributed by atoms with E-state index in [9.17, 15) is 14.4 Å². The van der Waals surface area contributed by atoms with Gasteiger partial charge in [0.15, 0.2) is 0 Å². The molecule has 0 atom stereocenters. The molecule has 0 saturated carbocycles. The third-order valence-electron chi connectivity index (χ3n) is 5.51. The molecule has 9 heteroatoms. The number of fused-ring (bicyclic) bond motifs is 1. The van der Waals surface area contributed by atoms with Crippen molar-refractivity contribution in [3.05, 3.63) is 70.7 Å². The molecule has 0 aliphatic carbocycles. The summed E-state index contributed by atoms with van der Waals surface area (Å²) in [5.41, 5.74) is 2.70. The van der Waals surface area contributed by atoms with Gasteiger partial charge < -0.3 is 15.5 Å².